The zero-order valence-electron chi connectivity index (χ0n) is 13.8. The first-order valence-electron chi connectivity index (χ1n) is 7.53. The fraction of sp³-hybridized carbons (Fsp3) is 0.158. The molecule has 0 amide bonds. The molecule has 0 fully saturated rings. The normalized spacial score (nSPS) is 10.5. The first-order chi connectivity index (χ1) is 11.6. The summed E-state index contributed by atoms with van der Waals surface area (Å²) in [7, 11) is 1.36. The van der Waals surface area contributed by atoms with Crippen LogP contribution in [0.25, 0.3) is 22.8 Å². The average Bonchev–Trinajstić information content (AvgIpc) is 2.60. The van der Waals surface area contributed by atoms with E-state index in [0.717, 1.165) is 22.5 Å². The molecule has 5 nitrogen and oxygen atoms in total. The van der Waals surface area contributed by atoms with E-state index in [1.165, 1.54) is 7.11 Å². The summed E-state index contributed by atoms with van der Waals surface area (Å²) in [5.41, 5.74) is 5.51. The minimum Gasteiger partial charge on any atom is -0.465 e. The fourth-order valence-corrected chi connectivity index (χ4v) is 2.42. The van der Waals surface area contributed by atoms with Crippen LogP contribution in [0, 0.1) is 13.8 Å². The lowest BCUT2D eigenvalue weighted by molar-refractivity contribution is 0.0600. The van der Waals surface area contributed by atoms with Crippen LogP contribution in [0.3, 0.4) is 0 Å². The molecule has 0 radical (unpaired) electrons. The van der Waals surface area contributed by atoms with Crippen molar-refractivity contribution in [2.24, 2.45) is 0 Å². The number of nitrogens with zero attached hydrogens (tertiary/aromatic N) is 3. The molecule has 0 spiro atoms. The van der Waals surface area contributed by atoms with Crippen LogP contribution in [0.1, 0.15) is 21.5 Å². The van der Waals surface area contributed by atoms with E-state index in [-0.39, 0.29) is 0 Å². The van der Waals surface area contributed by atoms with Gasteiger partial charge in [-0.1, -0.05) is 0 Å². The topological polar surface area (TPSA) is 65.0 Å². The second-order valence-electron chi connectivity index (χ2n) is 5.55. The third kappa shape index (κ3) is 3.30. The number of hydrogen-bond acceptors (Lipinski definition) is 5. The molecule has 0 aliphatic carbocycles. The van der Waals surface area contributed by atoms with Gasteiger partial charge in [-0.25, -0.2) is 9.78 Å². The molecule has 0 saturated carbocycles. The molecule has 0 aromatic carbocycles. The summed E-state index contributed by atoms with van der Waals surface area (Å²) in [5, 5.41) is 0. The fourth-order valence-electron chi connectivity index (χ4n) is 2.42. The highest BCUT2D eigenvalue weighted by Crippen LogP contribution is 2.23. The Morgan fingerprint density at radius 3 is 2.04 bits per heavy atom. The van der Waals surface area contributed by atoms with Crippen molar-refractivity contribution < 1.29 is 9.53 Å². The highest BCUT2D eigenvalue weighted by atomic mass is 16.5. The number of methoxy groups -OCH3 is 1. The van der Waals surface area contributed by atoms with Gasteiger partial charge >= 0.3 is 5.97 Å². The number of aromatic nitrogens is 3. The maximum Gasteiger partial charge on any atom is 0.337 e. The SMILES string of the molecule is COC(=O)c1ccnc(-c2cc(C)cc(-c3cc(C)ccn3)n2)c1. The summed E-state index contributed by atoms with van der Waals surface area (Å²) in [4.78, 5) is 25.1. The second-order valence-corrected chi connectivity index (χ2v) is 5.55. The van der Waals surface area contributed by atoms with Crippen LogP contribution < -0.4 is 0 Å². The zero-order valence-corrected chi connectivity index (χ0v) is 13.8. The van der Waals surface area contributed by atoms with Crippen molar-refractivity contribution in [2.75, 3.05) is 7.11 Å². The third-order valence-corrected chi connectivity index (χ3v) is 3.59. The van der Waals surface area contributed by atoms with Gasteiger partial charge in [-0.3, -0.25) is 9.97 Å². The smallest absolute Gasteiger partial charge is 0.337 e. The zero-order chi connectivity index (χ0) is 17.1. The van der Waals surface area contributed by atoms with E-state index in [1.54, 1.807) is 24.5 Å². The largest absolute Gasteiger partial charge is 0.465 e. The van der Waals surface area contributed by atoms with Crippen LogP contribution in [-0.4, -0.2) is 28.0 Å². The summed E-state index contributed by atoms with van der Waals surface area (Å²) < 4.78 is 4.76. The first-order valence-corrected chi connectivity index (χ1v) is 7.53. The Labute approximate surface area is 140 Å². The predicted molar refractivity (Wildman–Crippen MR) is 91.5 cm³/mol. The van der Waals surface area contributed by atoms with Crippen molar-refractivity contribution in [2.45, 2.75) is 13.8 Å². The third-order valence-electron chi connectivity index (χ3n) is 3.59. The lowest BCUT2D eigenvalue weighted by Gasteiger charge is -2.08. The number of carbonyl (C=O) groups is 1. The quantitative estimate of drug-likeness (QED) is 0.690. The van der Waals surface area contributed by atoms with Crippen molar-refractivity contribution >= 4 is 5.97 Å². The van der Waals surface area contributed by atoms with Gasteiger partial charge in [0.1, 0.15) is 0 Å². The molecular weight excluding hydrogens is 302 g/mol. The van der Waals surface area contributed by atoms with E-state index < -0.39 is 5.97 Å². The highest BCUT2D eigenvalue weighted by molar-refractivity contribution is 5.90. The molecule has 0 N–H and O–H groups in total. The molecule has 3 heterocycles. The minimum absolute atomic E-state index is 0.396. The number of pyridine rings is 3. The standard InChI is InChI=1S/C19H17N3O2/c1-12-4-6-20-15(8-12)17-9-13(2)10-18(22-17)16-11-14(5-7-21-16)19(23)24-3/h4-11H,1-3H3. The predicted octanol–water partition coefficient (Wildman–Crippen LogP) is 3.61. The van der Waals surface area contributed by atoms with Gasteiger partial charge < -0.3 is 4.74 Å². The molecule has 0 unspecified atom stereocenters. The van der Waals surface area contributed by atoms with E-state index in [4.69, 9.17) is 4.74 Å². The molecule has 0 atom stereocenters. The van der Waals surface area contributed by atoms with E-state index >= 15 is 0 Å². The maximum atomic E-state index is 11.7. The Kier molecular flexibility index (Phi) is 4.33. The number of ether oxygens (including phenoxy) is 1. The van der Waals surface area contributed by atoms with E-state index in [0.29, 0.717) is 17.0 Å². The first kappa shape index (κ1) is 15.8. The molecule has 0 bridgehead atoms. The number of hydrogen-bond donors (Lipinski definition) is 0. The minimum atomic E-state index is -0.396. The van der Waals surface area contributed by atoms with Crippen LogP contribution >= 0.6 is 0 Å². The molecule has 5 heteroatoms. The summed E-state index contributed by atoms with van der Waals surface area (Å²) in [6.45, 7) is 4.01. The van der Waals surface area contributed by atoms with Gasteiger partial charge in [0.05, 0.1) is 35.4 Å². The summed E-state index contributed by atoms with van der Waals surface area (Å²) in [6, 6.07) is 11.2. The summed E-state index contributed by atoms with van der Waals surface area (Å²) in [5.74, 6) is -0.396. The second kappa shape index (κ2) is 6.58. The average molecular weight is 319 g/mol. The Morgan fingerprint density at radius 1 is 0.833 bits per heavy atom. The van der Waals surface area contributed by atoms with Gasteiger partial charge in [0.25, 0.3) is 0 Å². The highest BCUT2D eigenvalue weighted by Gasteiger charge is 2.11. The molecule has 3 rings (SSSR count). The van der Waals surface area contributed by atoms with E-state index in [1.807, 2.05) is 38.1 Å². The van der Waals surface area contributed by atoms with Crippen molar-refractivity contribution in [1.82, 2.24) is 15.0 Å². The number of esters is 1. The monoisotopic (exact) mass is 319 g/mol. The van der Waals surface area contributed by atoms with Gasteiger partial charge in [0.15, 0.2) is 0 Å². The Morgan fingerprint density at radius 2 is 1.42 bits per heavy atom. The van der Waals surface area contributed by atoms with E-state index in [9.17, 15) is 4.79 Å². The molecule has 120 valence electrons. The van der Waals surface area contributed by atoms with Crippen LogP contribution in [0.4, 0.5) is 0 Å². The Hall–Kier alpha value is -3.08. The van der Waals surface area contributed by atoms with Crippen LogP contribution in [0.2, 0.25) is 0 Å². The van der Waals surface area contributed by atoms with Crippen LogP contribution in [0.15, 0.2) is 48.8 Å². The Bertz CT molecular complexity index is 907. The van der Waals surface area contributed by atoms with Crippen molar-refractivity contribution in [3.05, 3.63) is 65.5 Å². The van der Waals surface area contributed by atoms with Gasteiger partial charge in [-0.05, 0) is 61.4 Å². The summed E-state index contributed by atoms with van der Waals surface area (Å²) in [6.07, 6.45) is 3.35. The van der Waals surface area contributed by atoms with Gasteiger partial charge in [0, 0.05) is 12.4 Å². The molecular formula is C19H17N3O2. The molecule has 0 aliphatic heterocycles. The number of rotatable bonds is 3. The van der Waals surface area contributed by atoms with Crippen LogP contribution in [0.5, 0.6) is 0 Å². The molecule has 0 saturated heterocycles. The molecule has 24 heavy (non-hydrogen) atoms. The molecule has 0 aliphatic rings. The van der Waals surface area contributed by atoms with Crippen molar-refractivity contribution in [1.29, 1.82) is 0 Å². The number of carbonyl (C=O) groups excluding carboxylic acids is 1. The maximum absolute atomic E-state index is 11.7. The van der Waals surface area contributed by atoms with Crippen molar-refractivity contribution in [3.8, 4) is 22.8 Å². The van der Waals surface area contributed by atoms with Gasteiger partial charge in [-0.2, -0.15) is 0 Å². The van der Waals surface area contributed by atoms with Gasteiger partial charge in [0.2, 0.25) is 0 Å². The molecule has 3 aromatic heterocycles. The summed E-state index contributed by atoms with van der Waals surface area (Å²) >= 11 is 0. The lowest BCUT2D eigenvalue weighted by atomic mass is 10.1. The Balaban J connectivity index is 2.08. The lowest BCUT2D eigenvalue weighted by Crippen LogP contribution is -2.02. The van der Waals surface area contributed by atoms with Crippen molar-refractivity contribution in [3.63, 3.8) is 0 Å². The number of aryl methyl sites for hydroxylation is 2. The van der Waals surface area contributed by atoms with Gasteiger partial charge in [-0.15, -0.1) is 0 Å². The van der Waals surface area contributed by atoms with Crippen LogP contribution in [-0.2, 0) is 4.74 Å². The molecule has 3 aromatic rings. The van der Waals surface area contributed by atoms with E-state index in [2.05, 4.69) is 15.0 Å².